The lowest BCUT2D eigenvalue weighted by Crippen LogP contribution is -2.33. The van der Waals surface area contributed by atoms with E-state index >= 15 is 0 Å². The SMILES string of the molecule is O=C(CCc1ccc(Cl)cc1)N(CCO)Cc1ccccc1. The normalized spacial score (nSPS) is 10.5. The maximum Gasteiger partial charge on any atom is 0.223 e. The van der Waals surface area contributed by atoms with E-state index in [4.69, 9.17) is 11.6 Å². The maximum atomic E-state index is 12.4. The van der Waals surface area contributed by atoms with Crippen molar-refractivity contribution in [2.45, 2.75) is 19.4 Å². The van der Waals surface area contributed by atoms with Gasteiger partial charge in [-0.25, -0.2) is 0 Å². The molecular weight excluding hydrogens is 298 g/mol. The minimum absolute atomic E-state index is 0.0283. The van der Waals surface area contributed by atoms with Crippen molar-refractivity contribution in [3.63, 3.8) is 0 Å². The van der Waals surface area contributed by atoms with Crippen LogP contribution < -0.4 is 0 Å². The highest BCUT2D eigenvalue weighted by Gasteiger charge is 2.13. The zero-order chi connectivity index (χ0) is 15.8. The highest BCUT2D eigenvalue weighted by Crippen LogP contribution is 2.12. The minimum Gasteiger partial charge on any atom is -0.395 e. The van der Waals surface area contributed by atoms with Gasteiger partial charge in [0.05, 0.1) is 6.61 Å². The van der Waals surface area contributed by atoms with Crippen molar-refractivity contribution in [2.24, 2.45) is 0 Å². The number of hydrogen-bond donors (Lipinski definition) is 1. The maximum absolute atomic E-state index is 12.4. The van der Waals surface area contributed by atoms with Crippen LogP contribution in [-0.2, 0) is 17.8 Å². The van der Waals surface area contributed by atoms with E-state index in [1.807, 2.05) is 54.6 Å². The number of rotatable bonds is 7. The molecule has 116 valence electrons. The average molecular weight is 318 g/mol. The van der Waals surface area contributed by atoms with E-state index < -0.39 is 0 Å². The van der Waals surface area contributed by atoms with Crippen molar-refractivity contribution >= 4 is 17.5 Å². The lowest BCUT2D eigenvalue weighted by atomic mass is 10.1. The molecule has 0 aromatic heterocycles. The van der Waals surface area contributed by atoms with Gasteiger partial charge in [-0.05, 0) is 29.7 Å². The molecule has 0 atom stereocenters. The topological polar surface area (TPSA) is 40.5 Å². The van der Waals surface area contributed by atoms with Gasteiger partial charge in [0.1, 0.15) is 0 Å². The molecule has 2 aromatic carbocycles. The molecule has 22 heavy (non-hydrogen) atoms. The molecular formula is C18H20ClNO2. The van der Waals surface area contributed by atoms with Crippen LogP contribution in [0.3, 0.4) is 0 Å². The largest absolute Gasteiger partial charge is 0.395 e. The molecule has 3 nitrogen and oxygen atoms in total. The first-order valence-corrected chi connectivity index (χ1v) is 7.74. The highest BCUT2D eigenvalue weighted by molar-refractivity contribution is 6.30. The molecule has 0 saturated carbocycles. The Morgan fingerprint density at radius 3 is 2.32 bits per heavy atom. The molecule has 0 aliphatic carbocycles. The van der Waals surface area contributed by atoms with Gasteiger partial charge in [-0.15, -0.1) is 0 Å². The monoisotopic (exact) mass is 317 g/mol. The van der Waals surface area contributed by atoms with Crippen molar-refractivity contribution in [3.05, 3.63) is 70.7 Å². The van der Waals surface area contributed by atoms with Crippen LogP contribution in [0.4, 0.5) is 0 Å². The summed E-state index contributed by atoms with van der Waals surface area (Å²) in [7, 11) is 0. The fourth-order valence-electron chi connectivity index (χ4n) is 2.28. The third-order valence-electron chi connectivity index (χ3n) is 3.48. The molecule has 0 heterocycles. The Bertz CT molecular complexity index is 584. The first kappa shape index (κ1) is 16.5. The first-order chi connectivity index (χ1) is 10.7. The smallest absolute Gasteiger partial charge is 0.223 e. The van der Waals surface area contributed by atoms with E-state index in [0.717, 1.165) is 11.1 Å². The van der Waals surface area contributed by atoms with E-state index in [1.165, 1.54) is 0 Å². The first-order valence-electron chi connectivity index (χ1n) is 7.36. The Hall–Kier alpha value is -1.84. The van der Waals surface area contributed by atoms with Crippen LogP contribution in [0.1, 0.15) is 17.5 Å². The standard InChI is InChI=1S/C18H20ClNO2/c19-17-9-6-15(7-10-17)8-11-18(22)20(12-13-21)14-16-4-2-1-3-5-16/h1-7,9-10,21H,8,11-14H2. The summed E-state index contributed by atoms with van der Waals surface area (Å²) in [5.74, 6) is 0.0489. The molecule has 1 N–H and O–H groups in total. The van der Waals surface area contributed by atoms with Crippen LogP contribution in [0.15, 0.2) is 54.6 Å². The summed E-state index contributed by atoms with van der Waals surface area (Å²) in [4.78, 5) is 14.1. The number of aliphatic hydroxyl groups is 1. The average Bonchev–Trinajstić information content (AvgIpc) is 2.54. The molecule has 0 radical (unpaired) electrons. The summed E-state index contributed by atoms with van der Waals surface area (Å²) in [5, 5.41) is 9.87. The van der Waals surface area contributed by atoms with Crippen LogP contribution in [0.2, 0.25) is 5.02 Å². The van der Waals surface area contributed by atoms with E-state index in [9.17, 15) is 9.90 Å². The second-order valence-electron chi connectivity index (χ2n) is 5.15. The van der Waals surface area contributed by atoms with Gasteiger partial charge in [-0.2, -0.15) is 0 Å². The summed E-state index contributed by atoms with van der Waals surface area (Å²) < 4.78 is 0. The molecule has 2 aromatic rings. The van der Waals surface area contributed by atoms with Crippen molar-refractivity contribution in [3.8, 4) is 0 Å². The second kappa shape index (κ2) is 8.57. The van der Waals surface area contributed by atoms with Crippen LogP contribution in [0, 0.1) is 0 Å². The summed E-state index contributed by atoms with van der Waals surface area (Å²) >= 11 is 5.85. The van der Waals surface area contributed by atoms with Crippen molar-refractivity contribution in [2.75, 3.05) is 13.2 Å². The Kier molecular flexibility index (Phi) is 6.44. The molecule has 0 spiro atoms. The molecule has 0 saturated heterocycles. The molecule has 0 unspecified atom stereocenters. The van der Waals surface area contributed by atoms with Gasteiger partial charge in [0.15, 0.2) is 0 Å². The van der Waals surface area contributed by atoms with Gasteiger partial charge in [0.25, 0.3) is 0 Å². The van der Waals surface area contributed by atoms with Crippen LogP contribution in [0.25, 0.3) is 0 Å². The Labute approximate surface area is 136 Å². The number of hydrogen-bond acceptors (Lipinski definition) is 2. The second-order valence-corrected chi connectivity index (χ2v) is 5.59. The zero-order valence-corrected chi connectivity index (χ0v) is 13.2. The van der Waals surface area contributed by atoms with Crippen molar-refractivity contribution in [1.29, 1.82) is 0 Å². The number of aliphatic hydroxyl groups excluding tert-OH is 1. The molecule has 0 fully saturated rings. The molecule has 1 amide bonds. The fourth-order valence-corrected chi connectivity index (χ4v) is 2.40. The number of benzene rings is 2. The van der Waals surface area contributed by atoms with Gasteiger partial charge < -0.3 is 10.0 Å². The number of amides is 1. The zero-order valence-electron chi connectivity index (χ0n) is 12.4. The lowest BCUT2D eigenvalue weighted by Gasteiger charge is -2.22. The van der Waals surface area contributed by atoms with E-state index in [1.54, 1.807) is 4.90 Å². The third kappa shape index (κ3) is 5.17. The third-order valence-corrected chi connectivity index (χ3v) is 3.73. The summed E-state index contributed by atoms with van der Waals surface area (Å²) in [5.41, 5.74) is 2.15. The number of aryl methyl sites for hydroxylation is 1. The molecule has 4 heteroatoms. The molecule has 0 bridgehead atoms. The van der Waals surface area contributed by atoms with E-state index in [2.05, 4.69) is 0 Å². The van der Waals surface area contributed by atoms with Crippen molar-refractivity contribution < 1.29 is 9.90 Å². The van der Waals surface area contributed by atoms with E-state index in [0.29, 0.717) is 31.0 Å². The molecule has 2 rings (SSSR count). The Balaban J connectivity index is 1.93. The van der Waals surface area contributed by atoms with Gasteiger partial charge in [-0.3, -0.25) is 4.79 Å². The molecule has 0 aliphatic rings. The van der Waals surface area contributed by atoms with Crippen LogP contribution in [-0.4, -0.2) is 29.1 Å². The Morgan fingerprint density at radius 1 is 1.00 bits per heavy atom. The van der Waals surface area contributed by atoms with Crippen molar-refractivity contribution in [1.82, 2.24) is 4.90 Å². The van der Waals surface area contributed by atoms with Crippen LogP contribution in [0.5, 0.6) is 0 Å². The van der Waals surface area contributed by atoms with Crippen LogP contribution >= 0.6 is 11.6 Å². The summed E-state index contributed by atoms with van der Waals surface area (Å²) in [6.45, 7) is 0.856. The number of carbonyl (C=O) groups excluding carboxylic acids is 1. The van der Waals surface area contributed by atoms with Gasteiger partial charge in [0.2, 0.25) is 5.91 Å². The fraction of sp³-hybridized carbons (Fsp3) is 0.278. The summed E-state index contributed by atoms with van der Waals surface area (Å²) in [6, 6.07) is 17.3. The predicted molar refractivity (Wildman–Crippen MR) is 88.7 cm³/mol. The number of halogens is 1. The minimum atomic E-state index is -0.0283. The predicted octanol–water partition coefficient (Wildman–Crippen LogP) is 3.29. The van der Waals surface area contributed by atoms with E-state index in [-0.39, 0.29) is 12.5 Å². The lowest BCUT2D eigenvalue weighted by molar-refractivity contribution is -0.132. The quantitative estimate of drug-likeness (QED) is 0.851. The summed E-state index contributed by atoms with van der Waals surface area (Å²) in [6.07, 6.45) is 1.10. The Morgan fingerprint density at radius 2 is 1.68 bits per heavy atom. The van der Waals surface area contributed by atoms with Gasteiger partial charge in [-0.1, -0.05) is 54.1 Å². The number of carbonyl (C=O) groups is 1. The number of nitrogens with zero attached hydrogens (tertiary/aromatic N) is 1. The highest BCUT2D eigenvalue weighted by atomic mass is 35.5. The van der Waals surface area contributed by atoms with Gasteiger partial charge in [0, 0.05) is 24.5 Å². The van der Waals surface area contributed by atoms with Gasteiger partial charge >= 0.3 is 0 Å². The molecule has 0 aliphatic heterocycles.